The third-order valence-corrected chi connectivity index (χ3v) is 9.02. The minimum Gasteiger partial charge on any atom is -0.493 e. The van der Waals surface area contributed by atoms with Crippen molar-refractivity contribution in [3.8, 4) is 17.2 Å². The van der Waals surface area contributed by atoms with Gasteiger partial charge in [0.1, 0.15) is 5.78 Å². The van der Waals surface area contributed by atoms with Crippen molar-refractivity contribution in [1.82, 2.24) is 0 Å². The van der Waals surface area contributed by atoms with Crippen LogP contribution in [0.25, 0.3) is 11.0 Å². The highest BCUT2D eigenvalue weighted by Gasteiger charge is 2.63. The highest BCUT2D eigenvalue weighted by Crippen LogP contribution is 2.67. The molecule has 6 nitrogen and oxygen atoms in total. The Balaban J connectivity index is 1.75. The summed E-state index contributed by atoms with van der Waals surface area (Å²) < 4.78 is 23.0. The summed E-state index contributed by atoms with van der Waals surface area (Å²) in [6.07, 6.45) is 3.17. The highest BCUT2D eigenvalue weighted by molar-refractivity contribution is 5.88. The first-order valence-corrected chi connectivity index (χ1v) is 11.5. The smallest absolute Gasteiger partial charge is 0.336 e. The second kappa shape index (κ2) is 7.93. The van der Waals surface area contributed by atoms with Gasteiger partial charge in [0.15, 0.2) is 11.3 Å². The number of ether oxygens (including phenoxy) is 3. The Kier molecular flexibility index (Phi) is 5.62. The van der Waals surface area contributed by atoms with Gasteiger partial charge in [-0.3, -0.25) is 4.79 Å². The lowest BCUT2D eigenvalue weighted by Gasteiger charge is -2.64. The summed E-state index contributed by atoms with van der Waals surface area (Å²) in [5.41, 5.74) is 0.267. The third kappa shape index (κ3) is 3.29. The second-order valence-electron chi connectivity index (χ2n) is 10.4. The van der Waals surface area contributed by atoms with Crippen molar-refractivity contribution in [3.05, 3.63) is 40.8 Å². The number of hydrogen-bond donors (Lipinski definition) is 0. The Hall–Kier alpha value is -2.76. The molecule has 0 amide bonds. The zero-order chi connectivity index (χ0) is 24.2. The molecule has 2 aromatic rings. The summed E-state index contributed by atoms with van der Waals surface area (Å²) in [4.78, 5) is 24.7. The van der Waals surface area contributed by atoms with E-state index in [2.05, 4.69) is 34.3 Å². The molecule has 178 valence electrons. The fraction of sp³-hybridized carbons (Fsp3) is 0.556. The molecule has 0 spiro atoms. The Morgan fingerprint density at radius 3 is 2.42 bits per heavy atom. The van der Waals surface area contributed by atoms with E-state index in [0.29, 0.717) is 47.0 Å². The standard InChI is InChI=1S/C27H34O6/c1-16-10-13-27(5)25(2,3)20(28)11-12-26(27,4)18(16)15-32-23-19(30-6)14-17-8-9-21(29)33-22(17)24(23)31-7/h8-9,14,18H,1,10-13,15H2,2-7H3. The topological polar surface area (TPSA) is 75.0 Å². The lowest BCUT2D eigenvalue weighted by molar-refractivity contribution is -0.168. The van der Waals surface area contributed by atoms with Gasteiger partial charge in [0.25, 0.3) is 0 Å². The molecule has 0 N–H and O–H groups in total. The van der Waals surface area contributed by atoms with Gasteiger partial charge in [0, 0.05) is 29.2 Å². The molecule has 0 radical (unpaired) electrons. The van der Waals surface area contributed by atoms with Crippen molar-refractivity contribution >= 4 is 16.8 Å². The molecule has 3 unspecified atom stereocenters. The average molecular weight is 455 g/mol. The Labute approximate surface area is 194 Å². The molecule has 1 aromatic carbocycles. The van der Waals surface area contributed by atoms with Crippen molar-refractivity contribution in [2.45, 2.75) is 53.4 Å². The van der Waals surface area contributed by atoms with E-state index in [1.54, 1.807) is 19.2 Å². The van der Waals surface area contributed by atoms with Crippen molar-refractivity contribution in [1.29, 1.82) is 0 Å². The number of rotatable bonds is 5. The van der Waals surface area contributed by atoms with Gasteiger partial charge >= 0.3 is 5.63 Å². The van der Waals surface area contributed by atoms with Gasteiger partial charge in [0.05, 0.1) is 20.8 Å². The fourth-order valence-electron chi connectivity index (χ4n) is 6.26. The molecule has 2 aliphatic carbocycles. The van der Waals surface area contributed by atoms with Gasteiger partial charge in [-0.05, 0) is 42.2 Å². The molecule has 0 aliphatic heterocycles. The van der Waals surface area contributed by atoms with Gasteiger partial charge < -0.3 is 18.6 Å². The molecule has 4 rings (SSSR count). The van der Waals surface area contributed by atoms with Gasteiger partial charge in [-0.25, -0.2) is 4.79 Å². The van der Waals surface area contributed by atoms with E-state index in [1.807, 2.05) is 0 Å². The first-order chi connectivity index (χ1) is 15.5. The highest BCUT2D eigenvalue weighted by atomic mass is 16.5. The summed E-state index contributed by atoms with van der Waals surface area (Å²) in [6, 6.07) is 4.81. The summed E-state index contributed by atoms with van der Waals surface area (Å²) in [7, 11) is 3.08. The van der Waals surface area contributed by atoms with Gasteiger partial charge in [-0.15, -0.1) is 0 Å². The lowest BCUT2D eigenvalue weighted by Crippen LogP contribution is -2.61. The number of ketones is 1. The molecule has 6 heteroatoms. The Morgan fingerprint density at radius 1 is 1.03 bits per heavy atom. The van der Waals surface area contributed by atoms with E-state index < -0.39 is 11.0 Å². The summed E-state index contributed by atoms with van der Waals surface area (Å²) in [5, 5.41) is 0.685. The van der Waals surface area contributed by atoms with Crippen LogP contribution in [0.15, 0.2) is 39.6 Å². The molecule has 2 fully saturated rings. The normalized spacial score (nSPS) is 29.0. The molecule has 0 bridgehead atoms. The maximum Gasteiger partial charge on any atom is 0.336 e. The minimum absolute atomic E-state index is 0.0523. The molecule has 1 heterocycles. The number of fused-ring (bicyclic) bond motifs is 2. The van der Waals surface area contributed by atoms with E-state index in [4.69, 9.17) is 18.6 Å². The van der Waals surface area contributed by atoms with Crippen LogP contribution < -0.4 is 19.8 Å². The number of carbonyl (C=O) groups excluding carboxylic acids is 1. The molecule has 2 aliphatic rings. The maximum atomic E-state index is 12.9. The first-order valence-electron chi connectivity index (χ1n) is 11.5. The maximum absolute atomic E-state index is 12.9. The van der Waals surface area contributed by atoms with Crippen LogP contribution in [0.2, 0.25) is 0 Å². The Bertz CT molecular complexity index is 1180. The predicted molar refractivity (Wildman–Crippen MR) is 127 cm³/mol. The van der Waals surface area contributed by atoms with E-state index in [1.165, 1.54) is 13.2 Å². The number of benzene rings is 1. The second-order valence-corrected chi connectivity index (χ2v) is 10.4. The fourth-order valence-corrected chi connectivity index (χ4v) is 6.26. The van der Waals surface area contributed by atoms with Crippen LogP contribution in [0, 0.1) is 22.2 Å². The zero-order valence-electron chi connectivity index (χ0n) is 20.5. The van der Waals surface area contributed by atoms with Gasteiger partial charge in [0.2, 0.25) is 11.5 Å². The van der Waals surface area contributed by atoms with Crippen LogP contribution in [0.4, 0.5) is 0 Å². The number of carbonyl (C=O) groups is 1. The number of methoxy groups -OCH3 is 2. The van der Waals surface area contributed by atoms with E-state index in [-0.39, 0.29) is 16.7 Å². The molecular formula is C27H34O6. The van der Waals surface area contributed by atoms with Gasteiger partial charge in [-0.2, -0.15) is 0 Å². The molecular weight excluding hydrogens is 420 g/mol. The van der Waals surface area contributed by atoms with Crippen LogP contribution in [0.3, 0.4) is 0 Å². The third-order valence-electron chi connectivity index (χ3n) is 9.02. The quantitative estimate of drug-likeness (QED) is 0.435. The molecule has 33 heavy (non-hydrogen) atoms. The van der Waals surface area contributed by atoms with E-state index in [0.717, 1.165) is 24.8 Å². The SMILES string of the molecule is C=C1CCC2(C)C(C)(C)C(=O)CCC2(C)C1COc1c(OC)cc2ccc(=O)oc2c1OC. The molecule has 0 saturated heterocycles. The van der Waals surface area contributed by atoms with Crippen LogP contribution in [-0.2, 0) is 4.79 Å². The minimum atomic E-state index is -0.463. The lowest BCUT2D eigenvalue weighted by atomic mass is 9.40. The predicted octanol–water partition coefficient (Wildman–Crippen LogP) is 5.56. The van der Waals surface area contributed by atoms with Crippen LogP contribution in [0.5, 0.6) is 17.2 Å². The molecule has 2 saturated carbocycles. The summed E-state index contributed by atoms with van der Waals surface area (Å²) >= 11 is 0. The summed E-state index contributed by atoms with van der Waals surface area (Å²) in [5.74, 6) is 1.62. The van der Waals surface area contributed by atoms with E-state index in [9.17, 15) is 9.59 Å². The monoisotopic (exact) mass is 454 g/mol. The van der Waals surface area contributed by atoms with Crippen LogP contribution in [-0.4, -0.2) is 26.6 Å². The number of hydrogen-bond acceptors (Lipinski definition) is 6. The van der Waals surface area contributed by atoms with E-state index >= 15 is 0 Å². The van der Waals surface area contributed by atoms with Gasteiger partial charge in [-0.1, -0.05) is 39.8 Å². The Morgan fingerprint density at radius 2 is 1.76 bits per heavy atom. The first kappa shape index (κ1) is 23.4. The number of Topliss-reactive ketones (excluding diaryl/α,β-unsaturated/α-hetero) is 1. The summed E-state index contributed by atoms with van der Waals surface area (Å²) in [6.45, 7) is 13.5. The van der Waals surface area contributed by atoms with Crippen LogP contribution >= 0.6 is 0 Å². The molecule has 3 atom stereocenters. The average Bonchev–Trinajstić information content (AvgIpc) is 2.78. The zero-order valence-corrected chi connectivity index (χ0v) is 20.5. The largest absolute Gasteiger partial charge is 0.493 e. The van der Waals surface area contributed by atoms with Crippen molar-refractivity contribution in [3.63, 3.8) is 0 Å². The van der Waals surface area contributed by atoms with Crippen LogP contribution in [0.1, 0.15) is 53.4 Å². The van der Waals surface area contributed by atoms with Crippen molar-refractivity contribution in [2.24, 2.45) is 22.2 Å². The van der Waals surface area contributed by atoms with Crippen molar-refractivity contribution in [2.75, 3.05) is 20.8 Å². The molecule has 1 aromatic heterocycles. The van der Waals surface area contributed by atoms with Crippen molar-refractivity contribution < 1.29 is 23.4 Å².